The molecule has 1 aliphatic heterocycles. The molecule has 8 heteroatoms. The van der Waals surface area contributed by atoms with Crippen LogP contribution < -0.4 is 0 Å². The predicted octanol–water partition coefficient (Wildman–Crippen LogP) is 1.28. The average molecular weight is 292 g/mol. The number of aromatic nitrogens is 2. The van der Waals surface area contributed by atoms with Gasteiger partial charge >= 0.3 is 6.09 Å². The minimum atomic E-state index is -1.14. The van der Waals surface area contributed by atoms with Crippen molar-refractivity contribution in [2.75, 3.05) is 0 Å². The molecule has 21 heavy (non-hydrogen) atoms. The van der Waals surface area contributed by atoms with Gasteiger partial charge in [0.15, 0.2) is 12.0 Å². The van der Waals surface area contributed by atoms with Crippen LogP contribution in [0.5, 0.6) is 0 Å². The molecule has 1 aliphatic rings. The van der Waals surface area contributed by atoms with Gasteiger partial charge in [0.25, 0.3) is 0 Å². The van der Waals surface area contributed by atoms with Crippen LogP contribution in [0.4, 0.5) is 4.79 Å². The molecule has 2 atom stereocenters. The number of nitrogens with zero attached hydrogens (tertiary/aromatic N) is 4. The third-order valence-corrected chi connectivity index (χ3v) is 2.63. The smallest absolute Gasteiger partial charge is 0.435 e. The first kappa shape index (κ1) is 15.2. The molecule has 0 radical (unpaired) electrons. The van der Waals surface area contributed by atoms with E-state index in [9.17, 15) is 9.90 Å². The van der Waals surface area contributed by atoms with Gasteiger partial charge in [0.2, 0.25) is 0 Å². The zero-order valence-corrected chi connectivity index (χ0v) is 12.0. The molecule has 0 aliphatic carbocycles. The number of ether oxygens (including phenoxy) is 1. The van der Waals surface area contributed by atoms with Gasteiger partial charge in [-0.25, -0.2) is 14.6 Å². The fourth-order valence-corrected chi connectivity index (χ4v) is 1.85. The SMILES string of the molecule is CC(C)(C)OC(=O)N1OC(O)C[C@H]1c1cncc(C#N)n1. The zero-order valence-electron chi connectivity index (χ0n) is 12.0. The minimum Gasteiger partial charge on any atom is -0.442 e. The molecule has 1 aromatic rings. The van der Waals surface area contributed by atoms with Crippen molar-refractivity contribution in [2.24, 2.45) is 0 Å². The fraction of sp³-hybridized carbons (Fsp3) is 0.538. The van der Waals surface area contributed by atoms with E-state index >= 15 is 0 Å². The second-order valence-corrected chi connectivity index (χ2v) is 5.56. The van der Waals surface area contributed by atoms with Crippen molar-refractivity contribution < 1.29 is 19.5 Å². The maximum absolute atomic E-state index is 12.1. The first-order valence-corrected chi connectivity index (χ1v) is 6.39. The second kappa shape index (κ2) is 5.63. The number of nitriles is 1. The Labute approximate surface area is 121 Å². The fourth-order valence-electron chi connectivity index (χ4n) is 1.85. The molecule has 0 bridgehead atoms. The number of aliphatic hydroxyl groups is 1. The van der Waals surface area contributed by atoms with Crippen molar-refractivity contribution in [3.63, 3.8) is 0 Å². The van der Waals surface area contributed by atoms with Crippen LogP contribution in [-0.4, -0.2) is 38.1 Å². The van der Waals surface area contributed by atoms with E-state index in [1.165, 1.54) is 12.4 Å². The molecule has 1 N–H and O–H groups in total. The van der Waals surface area contributed by atoms with Gasteiger partial charge in [0.05, 0.1) is 18.1 Å². The molecule has 2 rings (SSSR count). The Bertz CT molecular complexity index is 578. The van der Waals surface area contributed by atoms with Crippen LogP contribution in [0.15, 0.2) is 12.4 Å². The van der Waals surface area contributed by atoms with Crippen LogP contribution in [0.2, 0.25) is 0 Å². The van der Waals surface area contributed by atoms with Gasteiger partial charge in [-0.2, -0.15) is 10.3 Å². The van der Waals surface area contributed by atoms with Gasteiger partial charge in [-0.3, -0.25) is 4.98 Å². The van der Waals surface area contributed by atoms with E-state index in [0.717, 1.165) is 5.06 Å². The van der Waals surface area contributed by atoms with E-state index in [2.05, 4.69) is 9.97 Å². The highest BCUT2D eigenvalue weighted by Gasteiger charge is 2.40. The maximum Gasteiger partial charge on any atom is 0.435 e. The lowest BCUT2D eigenvalue weighted by atomic mass is 10.1. The molecule has 0 aromatic carbocycles. The van der Waals surface area contributed by atoms with Crippen molar-refractivity contribution in [2.45, 2.75) is 45.1 Å². The Morgan fingerprint density at radius 2 is 2.29 bits per heavy atom. The molecule has 2 heterocycles. The van der Waals surface area contributed by atoms with Gasteiger partial charge in [-0.1, -0.05) is 0 Å². The van der Waals surface area contributed by atoms with Gasteiger partial charge in [0.1, 0.15) is 17.7 Å². The topological polar surface area (TPSA) is 109 Å². The Hall–Kier alpha value is -2.24. The van der Waals surface area contributed by atoms with Crippen LogP contribution in [0.3, 0.4) is 0 Å². The Kier molecular flexibility index (Phi) is 4.06. The van der Waals surface area contributed by atoms with Crippen molar-refractivity contribution in [1.82, 2.24) is 15.0 Å². The first-order chi connectivity index (χ1) is 9.80. The summed E-state index contributed by atoms with van der Waals surface area (Å²) < 4.78 is 5.22. The molecule has 1 unspecified atom stereocenters. The summed E-state index contributed by atoms with van der Waals surface area (Å²) in [4.78, 5) is 25.1. The highest BCUT2D eigenvalue weighted by atomic mass is 16.8. The normalized spacial score (nSPS) is 22.0. The van der Waals surface area contributed by atoms with Crippen molar-refractivity contribution in [1.29, 1.82) is 5.26 Å². The Balaban J connectivity index is 2.24. The summed E-state index contributed by atoms with van der Waals surface area (Å²) in [5.41, 5.74) is -0.215. The van der Waals surface area contributed by atoms with E-state index in [1.807, 2.05) is 6.07 Å². The number of hydrogen-bond acceptors (Lipinski definition) is 7. The summed E-state index contributed by atoms with van der Waals surface area (Å²) in [6, 6.07) is 1.22. The number of aliphatic hydroxyl groups excluding tert-OH is 1. The molecule has 112 valence electrons. The van der Waals surface area contributed by atoms with E-state index in [4.69, 9.17) is 14.8 Å². The third-order valence-electron chi connectivity index (χ3n) is 2.63. The lowest BCUT2D eigenvalue weighted by molar-refractivity contribution is -0.207. The summed E-state index contributed by atoms with van der Waals surface area (Å²) in [6.45, 7) is 5.17. The highest BCUT2D eigenvalue weighted by Crippen LogP contribution is 2.33. The summed E-state index contributed by atoms with van der Waals surface area (Å²) in [5.74, 6) is 0. The van der Waals surface area contributed by atoms with Crippen LogP contribution >= 0.6 is 0 Å². The number of amides is 1. The van der Waals surface area contributed by atoms with Crippen LogP contribution in [0, 0.1) is 11.3 Å². The molecule has 1 saturated heterocycles. The lowest BCUT2D eigenvalue weighted by Crippen LogP contribution is -2.36. The maximum atomic E-state index is 12.1. The van der Waals surface area contributed by atoms with Crippen molar-refractivity contribution >= 4 is 6.09 Å². The van der Waals surface area contributed by atoms with Gasteiger partial charge in [-0.05, 0) is 20.8 Å². The van der Waals surface area contributed by atoms with E-state index < -0.39 is 24.0 Å². The lowest BCUT2D eigenvalue weighted by Gasteiger charge is -2.26. The number of hydroxylamine groups is 2. The average Bonchev–Trinajstić information content (AvgIpc) is 2.79. The van der Waals surface area contributed by atoms with Gasteiger partial charge in [0, 0.05) is 6.42 Å². The number of carbonyl (C=O) groups is 1. The van der Waals surface area contributed by atoms with E-state index in [1.54, 1.807) is 20.8 Å². The van der Waals surface area contributed by atoms with Crippen molar-refractivity contribution in [3.05, 3.63) is 23.8 Å². The summed E-state index contributed by atoms with van der Waals surface area (Å²) in [6.07, 6.45) is 0.990. The summed E-state index contributed by atoms with van der Waals surface area (Å²) >= 11 is 0. The number of hydrogen-bond donors (Lipinski definition) is 1. The quantitative estimate of drug-likeness (QED) is 0.830. The minimum absolute atomic E-state index is 0.123. The Morgan fingerprint density at radius 3 is 2.90 bits per heavy atom. The summed E-state index contributed by atoms with van der Waals surface area (Å²) in [5, 5.41) is 19.4. The van der Waals surface area contributed by atoms with Crippen molar-refractivity contribution in [3.8, 4) is 6.07 Å². The Morgan fingerprint density at radius 1 is 1.57 bits per heavy atom. The zero-order chi connectivity index (χ0) is 15.6. The highest BCUT2D eigenvalue weighted by molar-refractivity contribution is 5.67. The molecule has 8 nitrogen and oxygen atoms in total. The molecule has 0 saturated carbocycles. The van der Waals surface area contributed by atoms with Gasteiger partial charge in [-0.15, -0.1) is 0 Å². The molecule has 1 fully saturated rings. The standard InChI is InChI=1S/C13H16N4O4/c1-13(2,3)20-12(19)17-10(4-11(18)21-17)9-7-15-6-8(5-14)16-9/h6-7,10-11,18H,4H2,1-3H3/t10-,11?/m0/s1. The molecule has 1 aromatic heterocycles. The first-order valence-electron chi connectivity index (χ1n) is 6.39. The monoisotopic (exact) mass is 292 g/mol. The van der Waals surface area contributed by atoms with Gasteiger partial charge < -0.3 is 9.84 Å². The van der Waals surface area contributed by atoms with Crippen LogP contribution in [0.25, 0.3) is 0 Å². The van der Waals surface area contributed by atoms with Crippen LogP contribution in [0.1, 0.15) is 44.6 Å². The molecular formula is C13H16N4O4. The largest absolute Gasteiger partial charge is 0.442 e. The number of carbonyl (C=O) groups excluding carboxylic acids is 1. The summed E-state index contributed by atoms with van der Waals surface area (Å²) in [7, 11) is 0. The molecule has 1 amide bonds. The van der Waals surface area contributed by atoms with E-state index in [0.29, 0.717) is 5.69 Å². The molecule has 0 spiro atoms. The predicted molar refractivity (Wildman–Crippen MR) is 69.3 cm³/mol. The second-order valence-electron chi connectivity index (χ2n) is 5.56. The third kappa shape index (κ3) is 3.65. The van der Waals surface area contributed by atoms with Crippen LogP contribution in [-0.2, 0) is 9.57 Å². The van der Waals surface area contributed by atoms with E-state index in [-0.39, 0.29) is 12.1 Å². The number of rotatable bonds is 1. The molecular weight excluding hydrogens is 276 g/mol.